The van der Waals surface area contributed by atoms with Crippen molar-refractivity contribution in [1.29, 1.82) is 5.26 Å². The number of nitriles is 1. The lowest BCUT2D eigenvalue weighted by Crippen LogP contribution is -2.45. The molecule has 2 N–H and O–H groups in total. The first kappa shape index (κ1) is 14.6. The van der Waals surface area contributed by atoms with Crippen molar-refractivity contribution in [2.45, 2.75) is 26.1 Å². The lowest BCUT2D eigenvalue weighted by molar-refractivity contribution is -0.00511. The standard InChI is InChI=1S/C13H17N3O3S/c1-7-5-16(6-8(2)19-7)12-10(13(17)18-3)11(15)9(4-14)20-12/h7-8H,5-6,15H2,1-3H3/t7-,8+. The number of nitrogens with two attached hydrogens (primary N) is 1. The van der Waals surface area contributed by atoms with Crippen molar-refractivity contribution in [3.05, 3.63) is 10.4 Å². The van der Waals surface area contributed by atoms with E-state index >= 15 is 0 Å². The van der Waals surface area contributed by atoms with Gasteiger partial charge in [-0.05, 0) is 13.8 Å². The number of nitrogens with zero attached hydrogens (tertiary/aromatic N) is 2. The van der Waals surface area contributed by atoms with Crippen LogP contribution in [0, 0.1) is 11.3 Å². The van der Waals surface area contributed by atoms with Crippen LogP contribution < -0.4 is 10.6 Å². The van der Waals surface area contributed by atoms with Crippen molar-refractivity contribution in [3.63, 3.8) is 0 Å². The summed E-state index contributed by atoms with van der Waals surface area (Å²) < 4.78 is 10.5. The third-order valence-corrected chi connectivity index (χ3v) is 4.30. The number of ether oxygens (including phenoxy) is 2. The number of anilines is 2. The molecule has 1 aromatic heterocycles. The fraction of sp³-hybridized carbons (Fsp3) is 0.538. The van der Waals surface area contributed by atoms with Gasteiger partial charge in [-0.2, -0.15) is 5.26 Å². The fourth-order valence-corrected chi connectivity index (χ4v) is 3.40. The molecule has 0 unspecified atom stereocenters. The van der Waals surface area contributed by atoms with E-state index in [1.165, 1.54) is 18.4 Å². The summed E-state index contributed by atoms with van der Waals surface area (Å²) in [5.74, 6) is -0.512. The normalized spacial score (nSPS) is 22.4. The highest BCUT2D eigenvalue weighted by molar-refractivity contribution is 7.17. The molecular formula is C13H17N3O3S. The summed E-state index contributed by atoms with van der Waals surface area (Å²) in [6.07, 6.45) is 0.108. The van der Waals surface area contributed by atoms with Crippen LogP contribution in [-0.4, -0.2) is 38.4 Å². The van der Waals surface area contributed by atoms with Gasteiger partial charge in [0.1, 0.15) is 21.5 Å². The molecule has 2 heterocycles. The molecule has 0 radical (unpaired) electrons. The Morgan fingerprint density at radius 1 is 1.50 bits per heavy atom. The first-order valence-electron chi connectivity index (χ1n) is 6.29. The fourth-order valence-electron chi connectivity index (χ4n) is 2.38. The number of carbonyl (C=O) groups is 1. The molecule has 1 aromatic rings. The topological polar surface area (TPSA) is 88.6 Å². The monoisotopic (exact) mass is 295 g/mol. The molecule has 0 amide bonds. The third-order valence-electron chi connectivity index (χ3n) is 3.12. The summed E-state index contributed by atoms with van der Waals surface area (Å²) in [6, 6.07) is 2.02. The lowest BCUT2D eigenvalue weighted by atomic mass is 10.2. The maximum atomic E-state index is 11.9. The second-order valence-corrected chi connectivity index (χ2v) is 5.79. The third kappa shape index (κ3) is 2.57. The molecule has 6 nitrogen and oxygen atoms in total. The van der Waals surface area contributed by atoms with E-state index in [4.69, 9.17) is 20.5 Å². The van der Waals surface area contributed by atoms with Crippen LogP contribution in [-0.2, 0) is 9.47 Å². The van der Waals surface area contributed by atoms with Gasteiger partial charge < -0.3 is 20.1 Å². The number of rotatable bonds is 2. The molecule has 108 valence electrons. The minimum Gasteiger partial charge on any atom is -0.465 e. The molecule has 7 heteroatoms. The Kier molecular flexibility index (Phi) is 4.16. The van der Waals surface area contributed by atoms with Gasteiger partial charge in [0, 0.05) is 13.1 Å². The Balaban J connectivity index is 2.45. The molecule has 20 heavy (non-hydrogen) atoms. The number of thiophene rings is 1. The Morgan fingerprint density at radius 3 is 2.60 bits per heavy atom. The van der Waals surface area contributed by atoms with Crippen LogP contribution in [0.25, 0.3) is 0 Å². The number of hydrogen-bond donors (Lipinski definition) is 1. The van der Waals surface area contributed by atoms with Crippen LogP contribution in [0.2, 0.25) is 0 Å². The largest absolute Gasteiger partial charge is 0.465 e. The summed E-state index contributed by atoms with van der Waals surface area (Å²) in [5, 5.41) is 9.79. The zero-order chi connectivity index (χ0) is 14.9. The zero-order valence-corrected chi connectivity index (χ0v) is 12.5. The predicted molar refractivity (Wildman–Crippen MR) is 77.0 cm³/mol. The van der Waals surface area contributed by atoms with Gasteiger partial charge in [0.25, 0.3) is 0 Å². The minimum absolute atomic E-state index is 0.0538. The Hall–Kier alpha value is -1.78. The van der Waals surface area contributed by atoms with E-state index in [9.17, 15) is 4.79 Å². The van der Waals surface area contributed by atoms with Crippen LogP contribution in [0.5, 0.6) is 0 Å². The van der Waals surface area contributed by atoms with Crippen LogP contribution in [0.15, 0.2) is 0 Å². The van der Waals surface area contributed by atoms with Gasteiger partial charge in [-0.3, -0.25) is 0 Å². The quantitative estimate of drug-likeness (QED) is 0.834. The first-order chi connectivity index (χ1) is 9.47. The number of carbonyl (C=O) groups excluding carboxylic acids is 1. The van der Waals surface area contributed by atoms with Crippen molar-refractivity contribution in [1.82, 2.24) is 0 Å². The summed E-state index contributed by atoms with van der Waals surface area (Å²) in [6.45, 7) is 5.25. The molecule has 0 spiro atoms. The minimum atomic E-state index is -0.512. The molecular weight excluding hydrogens is 278 g/mol. The lowest BCUT2D eigenvalue weighted by Gasteiger charge is -2.36. The van der Waals surface area contributed by atoms with E-state index in [1.54, 1.807) is 0 Å². The molecule has 1 fully saturated rings. The Bertz CT molecular complexity index is 554. The second-order valence-electron chi connectivity index (χ2n) is 4.79. The van der Waals surface area contributed by atoms with Crippen molar-refractivity contribution >= 4 is 28.0 Å². The van der Waals surface area contributed by atoms with Gasteiger partial charge in [0.2, 0.25) is 0 Å². The molecule has 1 aliphatic rings. The van der Waals surface area contributed by atoms with Gasteiger partial charge in [0.05, 0.1) is 25.0 Å². The number of hydrogen-bond acceptors (Lipinski definition) is 7. The molecule has 2 atom stereocenters. The van der Waals surface area contributed by atoms with Gasteiger partial charge >= 0.3 is 5.97 Å². The molecule has 0 bridgehead atoms. The number of nitrogen functional groups attached to an aromatic ring is 1. The number of methoxy groups -OCH3 is 1. The number of morpholine rings is 1. The zero-order valence-electron chi connectivity index (χ0n) is 11.7. The highest BCUT2D eigenvalue weighted by atomic mass is 32.1. The molecule has 1 aliphatic heterocycles. The van der Waals surface area contributed by atoms with Crippen LogP contribution in [0.4, 0.5) is 10.7 Å². The highest BCUT2D eigenvalue weighted by Gasteiger charge is 2.30. The van der Waals surface area contributed by atoms with E-state index in [0.717, 1.165) is 0 Å². The smallest absolute Gasteiger partial charge is 0.343 e. The van der Waals surface area contributed by atoms with E-state index in [0.29, 0.717) is 23.0 Å². The molecule has 1 saturated heterocycles. The Labute approximate surface area is 121 Å². The average molecular weight is 295 g/mol. The predicted octanol–water partition coefficient (Wildman–Crippen LogP) is 1.60. The van der Waals surface area contributed by atoms with E-state index in [1.807, 2.05) is 24.8 Å². The van der Waals surface area contributed by atoms with Gasteiger partial charge in [0.15, 0.2) is 0 Å². The molecule has 0 saturated carbocycles. The summed E-state index contributed by atoms with van der Waals surface area (Å²) >= 11 is 1.22. The molecule has 0 aromatic carbocycles. The molecule has 0 aliphatic carbocycles. The van der Waals surface area contributed by atoms with Crippen LogP contribution in [0.1, 0.15) is 29.1 Å². The van der Waals surface area contributed by atoms with Crippen molar-refractivity contribution < 1.29 is 14.3 Å². The van der Waals surface area contributed by atoms with E-state index < -0.39 is 5.97 Å². The van der Waals surface area contributed by atoms with Crippen molar-refractivity contribution in [2.24, 2.45) is 0 Å². The Morgan fingerprint density at radius 2 is 2.10 bits per heavy atom. The van der Waals surface area contributed by atoms with E-state index in [2.05, 4.69) is 0 Å². The maximum absolute atomic E-state index is 11.9. The summed E-state index contributed by atoms with van der Waals surface area (Å²) in [4.78, 5) is 14.3. The highest BCUT2D eigenvalue weighted by Crippen LogP contribution is 2.39. The van der Waals surface area contributed by atoms with Gasteiger partial charge in [-0.25, -0.2) is 4.79 Å². The van der Waals surface area contributed by atoms with Crippen molar-refractivity contribution in [3.8, 4) is 6.07 Å². The SMILES string of the molecule is COC(=O)c1c(N2C[C@@H](C)O[C@@H](C)C2)sc(C#N)c1N. The summed E-state index contributed by atoms with van der Waals surface area (Å²) in [5.41, 5.74) is 6.38. The van der Waals surface area contributed by atoms with Crippen LogP contribution >= 0.6 is 11.3 Å². The van der Waals surface area contributed by atoms with Crippen molar-refractivity contribution in [2.75, 3.05) is 30.8 Å². The maximum Gasteiger partial charge on any atom is 0.343 e. The second kappa shape index (κ2) is 5.69. The van der Waals surface area contributed by atoms with Gasteiger partial charge in [-0.1, -0.05) is 0 Å². The van der Waals surface area contributed by atoms with Crippen LogP contribution in [0.3, 0.4) is 0 Å². The average Bonchev–Trinajstić information content (AvgIpc) is 2.73. The molecule has 2 rings (SSSR count). The van der Waals surface area contributed by atoms with Gasteiger partial charge in [-0.15, -0.1) is 11.3 Å². The number of esters is 1. The van der Waals surface area contributed by atoms with E-state index in [-0.39, 0.29) is 23.5 Å². The first-order valence-corrected chi connectivity index (χ1v) is 7.10. The summed E-state index contributed by atoms with van der Waals surface area (Å²) in [7, 11) is 1.31.